The van der Waals surface area contributed by atoms with Crippen molar-refractivity contribution >= 4 is 5.97 Å². The monoisotopic (exact) mass is 300 g/mol. The van der Waals surface area contributed by atoms with Gasteiger partial charge in [0.2, 0.25) is 0 Å². The lowest BCUT2D eigenvalue weighted by Crippen LogP contribution is -2.40. The molecule has 1 unspecified atom stereocenters. The van der Waals surface area contributed by atoms with Gasteiger partial charge in [0.25, 0.3) is 0 Å². The zero-order valence-corrected chi connectivity index (χ0v) is 14.9. The summed E-state index contributed by atoms with van der Waals surface area (Å²) in [6.45, 7) is 14.5. The van der Waals surface area contributed by atoms with E-state index in [1.807, 2.05) is 14.0 Å². The summed E-state index contributed by atoms with van der Waals surface area (Å²) in [5.41, 5.74) is 0. The third kappa shape index (κ3) is 10.7. The van der Waals surface area contributed by atoms with Crippen LogP contribution in [0.1, 0.15) is 53.9 Å². The molecule has 0 saturated carbocycles. The standard InChI is InChI=1S/C17H36N2O2/c1-7-21-17(20)16(18-6)10-13-19(11-8-14(2)3)12-9-15(4)5/h14-16,18H,7-13H2,1-6H3. The molecule has 4 nitrogen and oxygen atoms in total. The summed E-state index contributed by atoms with van der Waals surface area (Å²) in [6.07, 6.45) is 3.23. The number of carbonyl (C=O) groups excluding carboxylic acids is 1. The maximum absolute atomic E-state index is 11.8. The van der Waals surface area contributed by atoms with Crippen LogP contribution in [0.3, 0.4) is 0 Å². The van der Waals surface area contributed by atoms with Gasteiger partial charge in [0.15, 0.2) is 0 Å². The van der Waals surface area contributed by atoms with Gasteiger partial charge in [-0.25, -0.2) is 0 Å². The molecule has 0 bridgehead atoms. The van der Waals surface area contributed by atoms with Gasteiger partial charge < -0.3 is 15.0 Å². The first-order chi connectivity index (χ1) is 9.90. The highest BCUT2D eigenvalue weighted by atomic mass is 16.5. The quantitative estimate of drug-likeness (QED) is 0.563. The van der Waals surface area contributed by atoms with Crippen LogP contribution in [-0.2, 0) is 9.53 Å². The Morgan fingerprint density at radius 1 is 1.00 bits per heavy atom. The molecule has 0 amide bonds. The van der Waals surface area contributed by atoms with Gasteiger partial charge in [-0.2, -0.15) is 0 Å². The summed E-state index contributed by atoms with van der Waals surface area (Å²) < 4.78 is 5.10. The lowest BCUT2D eigenvalue weighted by Gasteiger charge is -2.26. The van der Waals surface area contributed by atoms with Crippen LogP contribution in [0.5, 0.6) is 0 Å². The van der Waals surface area contributed by atoms with Crippen molar-refractivity contribution in [3.63, 3.8) is 0 Å². The lowest BCUT2D eigenvalue weighted by molar-refractivity contribution is -0.145. The molecule has 1 N–H and O–H groups in total. The molecule has 0 aromatic heterocycles. The minimum Gasteiger partial charge on any atom is -0.465 e. The van der Waals surface area contributed by atoms with Gasteiger partial charge in [-0.05, 0) is 58.2 Å². The molecule has 0 radical (unpaired) electrons. The van der Waals surface area contributed by atoms with Crippen LogP contribution < -0.4 is 5.32 Å². The fourth-order valence-corrected chi connectivity index (χ4v) is 2.15. The number of hydrogen-bond acceptors (Lipinski definition) is 4. The molecule has 4 heteroatoms. The Kier molecular flexibility index (Phi) is 11.6. The smallest absolute Gasteiger partial charge is 0.323 e. The van der Waals surface area contributed by atoms with Crippen LogP contribution in [0.2, 0.25) is 0 Å². The van der Waals surface area contributed by atoms with E-state index in [1.54, 1.807) is 0 Å². The molecule has 21 heavy (non-hydrogen) atoms. The van der Waals surface area contributed by atoms with E-state index in [2.05, 4.69) is 37.9 Å². The first-order valence-electron chi connectivity index (χ1n) is 8.46. The molecule has 0 spiro atoms. The Bertz CT molecular complexity index is 256. The SMILES string of the molecule is CCOC(=O)C(CCN(CCC(C)C)CCC(C)C)NC. The number of nitrogens with zero attached hydrogens (tertiary/aromatic N) is 1. The van der Waals surface area contributed by atoms with Crippen molar-refractivity contribution < 1.29 is 9.53 Å². The average molecular weight is 300 g/mol. The molecule has 0 heterocycles. The second-order valence-electron chi connectivity index (χ2n) is 6.59. The number of carbonyl (C=O) groups is 1. The summed E-state index contributed by atoms with van der Waals surface area (Å²) in [6, 6.07) is -0.189. The molecule has 1 atom stereocenters. The van der Waals surface area contributed by atoms with E-state index < -0.39 is 0 Å². The first-order valence-corrected chi connectivity index (χ1v) is 8.46. The second-order valence-corrected chi connectivity index (χ2v) is 6.59. The molecule has 0 aromatic carbocycles. The van der Waals surface area contributed by atoms with E-state index >= 15 is 0 Å². The lowest BCUT2D eigenvalue weighted by atomic mass is 10.1. The maximum atomic E-state index is 11.8. The second kappa shape index (κ2) is 12.0. The van der Waals surface area contributed by atoms with Crippen molar-refractivity contribution in [3.8, 4) is 0 Å². The van der Waals surface area contributed by atoms with Crippen LogP contribution in [0.25, 0.3) is 0 Å². The average Bonchev–Trinajstić information content (AvgIpc) is 2.41. The van der Waals surface area contributed by atoms with Crippen molar-refractivity contribution in [2.45, 2.75) is 59.9 Å². The largest absolute Gasteiger partial charge is 0.465 e. The predicted octanol–water partition coefficient (Wildman–Crippen LogP) is 2.92. The Labute approximate surface area is 131 Å². The molecule has 0 aliphatic rings. The highest BCUT2D eigenvalue weighted by Gasteiger charge is 2.18. The summed E-state index contributed by atoms with van der Waals surface area (Å²) in [4.78, 5) is 14.3. The Morgan fingerprint density at radius 3 is 1.86 bits per heavy atom. The zero-order chi connectivity index (χ0) is 16.3. The number of esters is 1. The van der Waals surface area contributed by atoms with Crippen LogP contribution in [0.4, 0.5) is 0 Å². The molecule has 0 aliphatic carbocycles. The van der Waals surface area contributed by atoms with E-state index in [0.29, 0.717) is 6.61 Å². The molecule has 0 rings (SSSR count). The van der Waals surface area contributed by atoms with E-state index in [-0.39, 0.29) is 12.0 Å². The normalized spacial score (nSPS) is 13.2. The molecule has 0 saturated heterocycles. The van der Waals surface area contributed by atoms with Crippen molar-refractivity contribution in [1.29, 1.82) is 0 Å². The maximum Gasteiger partial charge on any atom is 0.323 e. The fraction of sp³-hybridized carbons (Fsp3) is 0.941. The van der Waals surface area contributed by atoms with Gasteiger partial charge in [-0.15, -0.1) is 0 Å². The minimum atomic E-state index is -0.189. The van der Waals surface area contributed by atoms with Gasteiger partial charge in [-0.1, -0.05) is 27.7 Å². The fourth-order valence-electron chi connectivity index (χ4n) is 2.15. The Hall–Kier alpha value is -0.610. The number of likely N-dealkylation sites (N-methyl/N-ethyl adjacent to an activating group) is 1. The van der Waals surface area contributed by atoms with Crippen LogP contribution >= 0.6 is 0 Å². The molecule has 0 aromatic rings. The van der Waals surface area contributed by atoms with Gasteiger partial charge in [0.05, 0.1) is 6.61 Å². The topological polar surface area (TPSA) is 41.6 Å². The van der Waals surface area contributed by atoms with Gasteiger partial charge in [0, 0.05) is 6.54 Å². The first kappa shape index (κ1) is 20.4. The van der Waals surface area contributed by atoms with Crippen LogP contribution in [-0.4, -0.2) is 50.2 Å². The summed E-state index contributed by atoms with van der Waals surface area (Å²) in [5, 5.41) is 3.07. The van der Waals surface area contributed by atoms with Crippen LogP contribution in [0, 0.1) is 11.8 Å². The van der Waals surface area contributed by atoms with E-state index in [0.717, 1.165) is 37.9 Å². The molecule has 126 valence electrons. The van der Waals surface area contributed by atoms with E-state index in [4.69, 9.17) is 4.74 Å². The minimum absolute atomic E-state index is 0.132. The number of hydrogen-bond donors (Lipinski definition) is 1. The summed E-state index contributed by atoms with van der Waals surface area (Å²) >= 11 is 0. The third-order valence-electron chi connectivity index (χ3n) is 3.70. The van der Waals surface area contributed by atoms with E-state index in [1.165, 1.54) is 12.8 Å². The molecular weight excluding hydrogens is 264 g/mol. The molecular formula is C17H36N2O2. The van der Waals surface area contributed by atoms with E-state index in [9.17, 15) is 4.79 Å². The van der Waals surface area contributed by atoms with Crippen molar-refractivity contribution in [2.24, 2.45) is 11.8 Å². The predicted molar refractivity (Wildman–Crippen MR) is 89.4 cm³/mol. The number of nitrogens with one attached hydrogen (secondary N) is 1. The highest BCUT2D eigenvalue weighted by molar-refractivity contribution is 5.75. The highest BCUT2D eigenvalue weighted by Crippen LogP contribution is 2.08. The summed E-state index contributed by atoms with van der Waals surface area (Å²) in [7, 11) is 1.83. The number of ether oxygens (including phenoxy) is 1. The van der Waals surface area contributed by atoms with Crippen molar-refractivity contribution in [2.75, 3.05) is 33.3 Å². The molecule has 0 fully saturated rings. The van der Waals surface area contributed by atoms with Crippen molar-refractivity contribution in [1.82, 2.24) is 10.2 Å². The number of rotatable bonds is 12. The zero-order valence-electron chi connectivity index (χ0n) is 14.9. The third-order valence-corrected chi connectivity index (χ3v) is 3.70. The van der Waals surface area contributed by atoms with Gasteiger partial charge in [-0.3, -0.25) is 4.79 Å². The molecule has 0 aliphatic heterocycles. The van der Waals surface area contributed by atoms with Gasteiger partial charge in [0.1, 0.15) is 6.04 Å². The van der Waals surface area contributed by atoms with Crippen LogP contribution in [0.15, 0.2) is 0 Å². The van der Waals surface area contributed by atoms with Gasteiger partial charge >= 0.3 is 5.97 Å². The Morgan fingerprint density at radius 2 is 1.48 bits per heavy atom. The Balaban J connectivity index is 4.31. The summed E-state index contributed by atoms with van der Waals surface area (Å²) in [5.74, 6) is 1.31. The van der Waals surface area contributed by atoms with Crippen molar-refractivity contribution in [3.05, 3.63) is 0 Å².